The van der Waals surface area contributed by atoms with Crippen LogP contribution >= 0.6 is 23.6 Å². The Bertz CT molecular complexity index is 722. The summed E-state index contributed by atoms with van der Waals surface area (Å²) in [5.41, 5.74) is 6.52. The maximum absolute atomic E-state index is 5.38. The van der Waals surface area contributed by atoms with Crippen molar-refractivity contribution >= 4 is 34.6 Å². The maximum Gasteiger partial charge on any atom is 0.178 e. The lowest BCUT2D eigenvalue weighted by molar-refractivity contribution is 0.697. The van der Waals surface area contributed by atoms with E-state index in [1.165, 1.54) is 11.1 Å². The van der Waals surface area contributed by atoms with Crippen molar-refractivity contribution in [3.63, 3.8) is 0 Å². The molecule has 0 aliphatic heterocycles. The lowest BCUT2D eigenvalue weighted by Gasteiger charge is -2.03. The van der Waals surface area contributed by atoms with E-state index in [2.05, 4.69) is 45.0 Å². The second-order valence-electron chi connectivity index (χ2n) is 4.33. The highest BCUT2D eigenvalue weighted by molar-refractivity contribution is 7.71. The molecule has 0 atom stereocenters. The average Bonchev–Trinajstić information content (AvgIpc) is 2.94. The second kappa shape index (κ2) is 4.66. The summed E-state index contributed by atoms with van der Waals surface area (Å²) in [5, 5.41) is 2.09. The van der Waals surface area contributed by atoms with Crippen molar-refractivity contribution in [3.05, 3.63) is 45.1 Å². The van der Waals surface area contributed by atoms with Gasteiger partial charge in [0.2, 0.25) is 0 Å². The normalized spacial score (nSPS) is 11.2. The molecule has 1 N–H and O–H groups in total. The van der Waals surface area contributed by atoms with Crippen molar-refractivity contribution in [1.82, 2.24) is 14.5 Å². The molecule has 0 saturated heterocycles. The number of aromatic nitrogens is 3. The molecule has 0 aliphatic carbocycles. The Hall–Kier alpha value is -1.46. The highest BCUT2D eigenvalue weighted by Gasteiger charge is 2.05. The monoisotopic (exact) mass is 275 g/mol. The SMILES string of the molecule is Cc1ccc2[nH]c(=S)n(CCc3cscn3)c2c1. The van der Waals surface area contributed by atoms with Gasteiger partial charge in [-0.05, 0) is 36.8 Å². The van der Waals surface area contributed by atoms with Crippen LogP contribution in [0.4, 0.5) is 0 Å². The summed E-state index contributed by atoms with van der Waals surface area (Å²) < 4.78 is 2.93. The first kappa shape index (κ1) is 11.6. The van der Waals surface area contributed by atoms with Gasteiger partial charge in [0.25, 0.3) is 0 Å². The summed E-state index contributed by atoms with van der Waals surface area (Å²) in [4.78, 5) is 7.55. The predicted molar refractivity (Wildman–Crippen MR) is 77.7 cm³/mol. The Morgan fingerprint density at radius 2 is 2.33 bits per heavy atom. The molecule has 3 rings (SSSR count). The number of hydrogen-bond acceptors (Lipinski definition) is 3. The third-order valence-corrected chi connectivity index (χ3v) is 3.96. The van der Waals surface area contributed by atoms with Crippen LogP contribution in [0.5, 0.6) is 0 Å². The van der Waals surface area contributed by atoms with Gasteiger partial charge in [-0.2, -0.15) is 0 Å². The zero-order valence-electron chi connectivity index (χ0n) is 10.0. The minimum atomic E-state index is 0.783. The molecule has 0 unspecified atom stereocenters. The molecule has 0 spiro atoms. The Kier molecular flexibility index (Phi) is 3.01. The van der Waals surface area contributed by atoms with E-state index in [0.29, 0.717) is 0 Å². The molecule has 2 aromatic heterocycles. The third kappa shape index (κ3) is 2.11. The molecular weight excluding hydrogens is 262 g/mol. The van der Waals surface area contributed by atoms with Crippen molar-refractivity contribution in [2.75, 3.05) is 0 Å². The molecular formula is C13H13N3S2. The molecule has 5 heteroatoms. The number of benzene rings is 1. The Morgan fingerprint density at radius 1 is 1.44 bits per heavy atom. The summed E-state index contributed by atoms with van der Waals surface area (Å²) in [7, 11) is 0. The van der Waals surface area contributed by atoms with E-state index in [1.54, 1.807) is 11.3 Å². The number of imidazole rings is 1. The summed E-state index contributed by atoms with van der Waals surface area (Å²) in [6, 6.07) is 6.35. The van der Waals surface area contributed by atoms with Gasteiger partial charge in [-0.25, -0.2) is 4.98 Å². The van der Waals surface area contributed by atoms with Crippen LogP contribution in [-0.4, -0.2) is 14.5 Å². The van der Waals surface area contributed by atoms with Gasteiger partial charge in [-0.3, -0.25) is 0 Å². The first-order chi connectivity index (χ1) is 8.74. The number of nitrogens with one attached hydrogen (secondary N) is 1. The number of aryl methyl sites for hydroxylation is 3. The molecule has 0 aliphatic rings. The molecule has 0 fully saturated rings. The van der Waals surface area contributed by atoms with Gasteiger partial charge in [-0.1, -0.05) is 6.07 Å². The fourth-order valence-corrected chi connectivity index (χ4v) is 2.96. The maximum atomic E-state index is 5.38. The van der Waals surface area contributed by atoms with Crippen molar-refractivity contribution in [2.24, 2.45) is 0 Å². The fourth-order valence-electron chi connectivity index (χ4n) is 2.07. The second-order valence-corrected chi connectivity index (χ2v) is 5.44. The summed E-state index contributed by atoms with van der Waals surface area (Å²) >= 11 is 7.01. The molecule has 1 aromatic carbocycles. The summed E-state index contributed by atoms with van der Waals surface area (Å²) in [6.07, 6.45) is 0.915. The quantitative estimate of drug-likeness (QED) is 0.739. The number of nitrogens with zero attached hydrogens (tertiary/aromatic N) is 2. The van der Waals surface area contributed by atoms with Crippen LogP contribution in [0.25, 0.3) is 11.0 Å². The zero-order valence-corrected chi connectivity index (χ0v) is 11.6. The lowest BCUT2D eigenvalue weighted by Crippen LogP contribution is -2.01. The van der Waals surface area contributed by atoms with E-state index in [1.807, 2.05) is 5.51 Å². The van der Waals surface area contributed by atoms with Crippen LogP contribution in [0.1, 0.15) is 11.3 Å². The summed E-state index contributed by atoms with van der Waals surface area (Å²) in [5.74, 6) is 0. The van der Waals surface area contributed by atoms with Gasteiger partial charge in [0.05, 0.1) is 22.2 Å². The highest BCUT2D eigenvalue weighted by atomic mass is 32.1. The Labute approximate surface area is 114 Å². The van der Waals surface area contributed by atoms with E-state index in [-0.39, 0.29) is 0 Å². The van der Waals surface area contributed by atoms with Gasteiger partial charge >= 0.3 is 0 Å². The Balaban J connectivity index is 1.98. The van der Waals surface area contributed by atoms with Crippen molar-refractivity contribution in [3.8, 4) is 0 Å². The van der Waals surface area contributed by atoms with E-state index < -0.39 is 0 Å². The lowest BCUT2D eigenvalue weighted by atomic mass is 10.2. The standard InChI is InChI=1S/C13H13N3S2/c1-9-2-3-11-12(6-9)16(13(17)15-11)5-4-10-7-18-8-14-10/h2-3,6-8H,4-5H2,1H3,(H,15,17). The minimum absolute atomic E-state index is 0.783. The summed E-state index contributed by atoms with van der Waals surface area (Å²) in [6.45, 7) is 2.96. The number of hydrogen-bond donors (Lipinski definition) is 1. The van der Waals surface area contributed by atoms with Gasteiger partial charge in [-0.15, -0.1) is 11.3 Å². The van der Waals surface area contributed by atoms with Gasteiger partial charge in [0.1, 0.15) is 0 Å². The molecule has 0 radical (unpaired) electrons. The topological polar surface area (TPSA) is 33.6 Å². The first-order valence-electron chi connectivity index (χ1n) is 5.80. The number of thiazole rings is 1. The van der Waals surface area contributed by atoms with Crippen LogP contribution in [0.15, 0.2) is 29.1 Å². The van der Waals surface area contributed by atoms with E-state index in [4.69, 9.17) is 12.2 Å². The Morgan fingerprint density at radius 3 is 3.11 bits per heavy atom. The largest absolute Gasteiger partial charge is 0.331 e. The molecule has 0 amide bonds. The molecule has 3 aromatic rings. The van der Waals surface area contributed by atoms with Gasteiger partial charge < -0.3 is 9.55 Å². The number of H-pyrrole nitrogens is 1. The molecule has 92 valence electrons. The zero-order chi connectivity index (χ0) is 12.5. The number of rotatable bonds is 3. The molecule has 0 bridgehead atoms. The molecule has 3 nitrogen and oxygen atoms in total. The van der Waals surface area contributed by atoms with Crippen LogP contribution in [0, 0.1) is 11.7 Å². The van der Waals surface area contributed by atoms with Crippen molar-refractivity contribution < 1.29 is 0 Å². The molecule has 0 saturated carbocycles. The number of aromatic amines is 1. The van der Waals surface area contributed by atoms with Crippen LogP contribution in [-0.2, 0) is 13.0 Å². The van der Waals surface area contributed by atoms with E-state index in [9.17, 15) is 0 Å². The van der Waals surface area contributed by atoms with E-state index in [0.717, 1.165) is 28.9 Å². The van der Waals surface area contributed by atoms with E-state index >= 15 is 0 Å². The predicted octanol–water partition coefficient (Wildman–Crippen LogP) is 3.71. The van der Waals surface area contributed by atoms with Crippen LogP contribution in [0.2, 0.25) is 0 Å². The van der Waals surface area contributed by atoms with Gasteiger partial charge in [0, 0.05) is 18.3 Å². The van der Waals surface area contributed by atoms with Crippen molar-refractivity contribution in [2.45, 2.75) is 19.9 Å². The smallest absolute Gasteiger partial charge is 0.178 e. The average molecular weight is 275 g/mol. The highest BCUT2D eigenvalue weighted by Crippen LogP contribution is 2.16. The molecule has 18 heavy (non-hydrogen) atoms. The minimum Gasteiger partial charge on any atom is -0.331 e. The van der Waals surface area contributed by atoms with Crippen molar-refractivity contribution in [1.29, 1.82) is 0 Å². The van der Waals surface area contributed by atoms with Gasteiger partial charge in [0.15, 0.2) is 4.77 Å². The van der Waals surface area contributed by atoms with Crippen LogP contribution < -0.4 is 0 Å². The van der Waals surface area contributed by atoms with Crippen LogP contribution in [0.3, 0.4) is 0 Å². The molecule has 2 heterocycles. The number of fused-ring (bicyclic) bond motifs is 1. The fraction of sp³-hybridized carbons (Fsp3) is 0.231. The first-order valence-corrected chi connectivity index (χ1v) is 7.15. The third-order valence-electron chi connectivity index (χ3n) is 3.01.